The minimum Gasteiger partial charge on any atom is -0.382 e. The van der Waals surface area contributed by atoms with Gasteiger partial charge in [-0.1, -0.05) is 6.92 Å². The predicted octanol–water partition coefficient (Wildman–Crippen LogP) is 0.713. The third-order valence-electron chi connectivity index (χ3n) is 1.76. The van der Waals surface area contributed by atoms with Crippen LogP contribution in [0.15, 0.2) is 15.5 Å². The van der Waals surface area contributed by atoms with Crippen LogP contribution in [0.1, 0.15) is 6.92 Å². The first kappa shape index (κ1) is 12.4. The van der Waals surface area contributed by atoms with Crippen molar-refractivity contribution < 1.29 is 4.21 Å². The number of anilines is 1. The molecule has 0 radical (unpaired) electrons. The lowest BCUT2D eigenvalue weighted by molar-refractivity contribution is 0.684. The normalized spacial score (nSPS) is 12.4. The Morgan fingerprint density at radius 1 is 1.67 bits per heavy atom. The number of hydrogen-bond donors (Lipinski definition) is 2. The van der Waals surface area contributed by atoms with Crippen LogP contribution in [0.5, 0.6) is 0 Å². The van der Waals surface area contributed by atoms with Crippen molar-refractivity contribution in [2.24, 2.45) is 0 Å². The Hall–Kier alpha value is -0.690. The zero-order valence-electron chi connectivity index (χ0n) is 8.25. The maximum Gasteiger partial charge on any atom is 0.280 e. The maximum atomic E-state index is 11.1. The van der Waals surface area contributed by atoms with Crippen LogP contribution in [0.2, 0.25) is 0 Å². The van der Waals surface area contributed by atoms with Gasteiger partial charge in [-0.2, -0.15) is 5.10 Å². The molecule has 1 aromatic rings. The molecule has 7 heteroatoms. The molecule has 0 saturated heterocycles. The molecule has 0 spiro atoms. The lowest BCUT2D eigenvalue weighted by atomic mass is 10.4. The van der Waals surface area contributed by atoms with Gasteiger partial charge in [-0.05, 0) is 15.9 Å². The van der Waals surface area contributed by atoms with Gasteiger partial charge in [-0.25, -0.2) is 5.10 Å². The molecule has 0 aliphatic rings. The van der Waals surface area contributed by atoms with Gasteiger partial charge in [0.25, 0.3) is 5.56 Å². The van der Waals surface area contributed by atoms with Crippen molar-refractivity contribution in [2.45, 2.75) is 6.92 Å². The summed E-state index contributed by atoms with van der Waals surface area (Å²) in [5, 5.41) is 8.95. The molecule has 0 fully saturated rings. The molecule has 1 atom stereocenters. The van der Waals surface area contributed by atoms with Gasteiger partial charge in [0.15, 0.2) is 0 Å². The van der Waals surface area contributed by atoms with E-state index in [9.17, 15) is 9.00 Å². The highest BCUT2D eigenvalue weighted by atomic mass is 79.9. The molecule has 0 amide bonds. The van der Waals surface area contributed by atoms with Crippen LogP contribution >= 0.6 is 15.9 Å². The van der Waals surface area contributed by atoms with E-state index in [4.69, 9.17) is 0 Å². The van der Waals surface area contributed by atoms with Crippen LogP contribution in [-0.2, 0) is 10.8 Å². The molecule has 0 aromatic carbocycles. The van der Waals surface area contributed by atoms with E-state index in [1.165, 1.54) is 6.20 Å². The second-order valence-electron chi connectivity index (χ2n) is 2.79. The van der Waals surface area contributed by atoms with Gasteiger partial charge in [0.05, 0.1) is 11.9 Å². The molecule has 0 aliphatic carbocycles. The third kappa shape index (κ3) is 3.75. The van der Waals surface area contributed by atoms with Gasteiger partial charge in [-0.3, -0.25) is 9.00 Å². The van der Waals surface area contributed by atoms with Crippen LogP contribution in [0, 0.1) is 0 Å². The Kier molecular flexibility index (Phi) is 4.97. The summed E-state index contributed by atoms with van der Waals surface area (Å²) in [7, 11) is -0.797. The number of nitrogens with one attached hydrogen (secondary N) is 2. The molecular formula is C8H12BrN3O2S. The summed E-state index contributed by atoms with van der Waals surface area (Å²) in [6, 6.07) is 0. The van der Waals surface area contributed by atoms with Crippen LogP contribution in [0.3, 0.4) is 0 Å². The SMILES string of the molecule is CCS(=O)CCNc1cn[nH]c(=O)c1Br. The molecule has 1 aromatic heterocycles. The highest BCUT2D eigenvalue weighted by Gasteiger charge is 2.03. The van der Waals surface area contributed by atoms with Crippen molar-refractivity contribution in [3.63, 3.8) is 0 Å². The summed E-state index contributed by atoms with van der Waals surface area (Å²) in [5.74, 6) is 1.21. The summed E-state index contributed by atoms with van der Waals surface area (Å²) < 4.78 is 11.5. The van der Waals surface area contributed by atoms with Gasteiger partial charge in [0, 0.05) is 28.9 Å². The fourth-order valence-electron chi connectivity index (χ4n) is 0.951. The molecule has 0 bridgehead atoms. The number of aromatic nitrogens is 2. The molecule has 5 nitrogen and oxygen atoms in total. The Balaban J connectivity index is 2.55. The molecule has 0 aliphatic heterocycles. The van der Waals surface area contributed by atoms with Crippen molar-refractivity contribution in [2.75, 3.05) is 23.4 Å². The van der Waals surface area contributed by atoms with E-state index >= 15 is 0 Å². The van der Waals surface area contributed by atoms with Gasteiger partial charge in [-0.15, -0.1) is 0 Å². The van der Waals surface area contributed by atoms with Gasteiger partial charge >= 0.3 is 0 Å². The number of rotatable bonds is 5. The van der Waals surface area contributed by atoms with E-state index in [1.54, 1.807) is 0 Å². The second-order valence-corrected chi connectivity index (χ2v) is 5.44. The van der Waals surface area contributed by atoms with Crippen molar-refractivity contribution in [1.29, 1.82) is 0 Å². The standard InChI is InChI=1S/C8H12BrN3O2S/c1-2-15(14)4-3-10-6-5-11-12-8(13)7(6)9/h5H,2-4H2,1H3,(H2,10,12,13). The predicted molar refractivity (Wildman–Crippen MR) is 64.6 cm³/mol. The number of H-pyrrole nitrogens is 1. The first-order valence-electron chi connectivity index (χ1n) is 4.47. The van der Waals surface area contributed by atoms with Crippen molar-refractivity contribution in [3.8, 4) is 0 Å². The fourth-order valence-corrected chi connectivity index (χ4v) is 1.90. The van der Waals surface area contributed by atoms with Crippen LogP contribution in [-0.4, -0.2) is 32.5 Å². The number of hydrogen-bond acceptors (Lipinski definition) is 4. The first-order chi connectivity index (χ1) is 7.15. The molecule has 1 heterocycles. The van der Waals surface area contributed by atoms with Crippen LogP contribution in [0.4, 0.5) is 5.69 Å². The van der Waals surface area contributed by atoms with Crippen molar-refractivity contribution >= 4 is 32.4 Å². The average Bonchev–Trinajstić information content (AvgIpc) is 2.24. The molecule has 84 valence electrons. The van der Waals surface area contributed by atoms with E-state index in [0.29, 0.717) is 28.2 Å². The minimum absolute atomic E-state index is 0.281. The Morgan fingerprint density at radius 3 is 3.07 bits per heavy atom. The number of nitrogens with zero attached hydrogens (tertiary/aromatic N) is 1. The summed E-state index contributed by atoms with van der Waals surface area (Å²) >= 11 is 3.14. The van der Waals surface area contributed by atoms with Crippen LogP contribution in [0.25, 0.3) is 0 Å². The van der Waals surface area contributed by atoms with Crippen molar-refractivity contribution in [3.05, 3.63) is 21.0 Å². The molecular weight excluding hydrogens is 282 g/mol. The Bertz CT molecular complexity index is 407. The van der Waals surface area contributed by atoms with E-state index in [1.807, 2.05) is 6.92 Å². The zero-order valence-corrected chi connectivity index (χ0v) is 10.7. The lowest BCUT2D eigenvalue weighted by Crippen LogP contribution is -2.16. The third-order valence-corrected chi connectivity index (χ3v) is 3.85. The Morgan fingerprint density at radius 2 is 2.40 bits per heavy atom. The number of aromatic amines is 1. The van der Waals surface area contributed by atoms with E-state index in [2.05, 4.69) is 31.4 Å². The molecule has 2 N–H and O–H groups in total. The van der Waals surface area contributed by atoms with E-state index in [0.717, 1.165) is 0 Å². The number of halogens is 1. The smallest absolute Gasteiger partial charge is 0.280 e. The van der Waals surface area contributed by atoms with Crippen LogP contribution < -0.4 is 10.9 Å². The molecule has 1 rings (SSSR count). The van der Waals surface area contributed by atoms with Crippen molar-refractivity contribution in [1.82, 2.24) is 10.2 Å². The highest BCUT2D eigenvalue weighted by Crippen LogP contribution is 2.14. The minimum atomic E-state index is -0.797. The Labute approximate surface area is 98.3 Å². The average molecular weight is 294 g/mol. The lowest BCUT2D eigenvalue weighted by Gasteiger charge is -2.05. The largest absolute Gasteiger partial charge is 0.382 e. The summed E-state index contributed by atoms with van der Waals surface area (Å²) in [6.45, 7) is 2.44. The molecule has 0 saturated carbocycles. The summed E-state index contributed by atoms with van der Waals surface area (Å²) in [5.41, 5.74) is 0.337. The first-order valence-corrected chi connectivity index (χ1v) is 6.75. The molecule has 15 heavy (non-hydrogen) atoms. The van der Waals surface area contributed by atoms with E-state index in [-0.39, 0.29) is 5.56 Å². The van der Waals surface area contributed by atoms with Gasteiger partial charge in [0.1, 0.15) is 4.47 Å². The highest BCUT2D eigenvalue weighted by molar-refractivity contribution is 9.10. The summed E-state index contributed by atoms with van der Waals surface area (Å²) in [4.78, 5) is 11.1. The second kappa shape index (κ2) is 6.02. The van der Waals surface area contributed by atoms with Gasteiger partial charge in [0.2, 0.25) is 0 Å². The van der Waals surface area contributed by atoms with Gasteiger partial charge < -0.3 is 5.32 Å². The zero-order chi connectivity index (χ0) is 11.3. The van der Waals surface area contributed by atoms with E-state index < -0.39 is 10.8 Å². The maximum absolute atomic E-state index is 11.1. The quantitative estimate of drug-likeness (QED) is 0.839. The fraction of sp³-hybridized carbons (Fsp3) is 0.500. The topological polar surface area (TPSA) is 74.8 Å². The monoisotopic (exact) mass is 293 g/mol. The summed E-state index contributed by atoms with van der Waals surface area (Å²) in [6.07, 6.45) is 1.51. The molecule has 1 unspecified atom stereocenters.